The molecule has 2 atom stereocenters. The third-order valence-corrected chi connectivity index (χ3v) is 4.13. The summed E-state index contributed by atoms with van der Waals surface area (Å²) in [5.41, 5.74) is 0.973. The predicted molar refractivity (Wildman–Crippen MR) is 76.2 cm³/mol. The molecule has 1 amide bonds. The summed E-state index contributed by atoms with van der Waals surface area (Å²) < 4.78 is 19.1. The smallest absolute Gasteiger partial charge is 0.226 e. The first-order valence-corrected chi connectivity index (χ1v) is 7.58. The Morgan fingerprint density at radius 1 is 1.36 bits per heavy atom. The molecule has 120 valence electrons. The molecule has 3 aliphatic rings. The van der Waals surface area contributed by atoms with E-state index in [0.717, 1.165) is 0 Å². The van der Waals surface area contributed by atoms with Gasteiger partial charge in [0, 0.05) is 37.9 Å². The van der Waals surface area contributed by atoms with Gasteiger partial charge in [-0.05, 0) is 0 Å². The Hall–Kier alpha value is -1.76. The summed E-state index contributed by atoms with van der Waals surface area (Å²) in [5, 5.41) is 3.92. The van der Waals surface area contributed by atoms with Gasteiger partial charge in [-0.25, -0.2) is 4.39 Å². The Labute approximate surface area is 127 Å². The van der Waals surface area contributed by atoms with Crippen LogP contribution in [-0.4, -0.2) is 60.9 Å². The summed E-state index contributed by atoms with van der Waals surface area (Å²) in [7, 11) is 0. The van der Waals surface area contributed by atoms with Crippen LogP contribution in [0, 0.1) is 0 Å². The number of oxime groups is 1. The van der Waals surface area contributed by atoms with Gasteiger partial charge in [0.15, 0.2) is 0 Å². The van der Waals surface area contributed by atoms with Crippen molar-refractivity contribution in [1.82, 2.24) is 4.90 Å². The largest absolute Gasteiger partial charge is 0.391 e. The van der Waals surface area contributed by atoms with Crippen LogP contribution in [0.3, 0.4) is 0 Å². The van der Waals surface area contributed by atoms with Gasteiger partial charge in [-0.15, -0.1) is 0 Å². The van der Waals surface area contributed by atoms with E-state index in [0.29, 0.717) is 44.0 Å². The number of rotatable bonds is 3. The van der Waals surface area contributed by atoms with Crippen molar-refractivity contribution in [1.29, 1.82) is 0 Å². The van der Waals surface area contributed by atoms with Crippen molar-refractivity contribution in [2.75, 3.05) is 26.3 Å². The van der Waals surface area contributed by atoms with Crippen molar-refractivity contribution in [3.05, 3.63) is 11.6 Å². The molecular formula is C15H19FN2O4. The van der Waals surface area contributed by atoms with Crippen LogP contribution in [0.4, 0.5) is 4.39 Å². The van der Waals surface area contributed by atoms with Crippen LogP contribution in [0.2, 0.25) is 0 Å². The molecule has 0 spiro atoms. The van der Waals surface area contributed by atoms with Crippen LogP contribution in [0.15, 0.2) is 16.8 Å². The number of halogens is 1. The molecule has 7 heteroatoms. The molecule has 0 aromatic rings. The fourth-order valence-electron chi connectivity index (χ4n) is 2.89. The van der Waals surface area contributed by atoms with E-state index in [2.05, 4.69) is 5.16 Å². The molecule has 2 unspecified atom stereocenters. The lowest BCUT2D eigenvalue weighted by Gasteiger charge is -2.27. The molecule has 0 aromatic carbocycles. The summed E-state index contributed by atoms with van der Waals surface area (Å²) in [6, 6.07) is 0. The number of hydrogen-bond acceptors (Lipinski definition) is 5. The maximum absolute atomic E-state index is 13.9. The standard InChI is InChI=1S/C15H19FN2O4/c16-13-7-10(19)1-2-12(13)14-8-11(22-17-14)9-15(20)18-3-5-21-6-4-18/h2,11,13H,1,3-9H2. The first kappa shape index (κ1) is 15.1. The van der Waals surface area contributed by atoms with Crippen molar-refractivity contribution in [3.8, 4) is 0 Å². The molecule has 6 nitrogen and oxygen atoms in total. The Balaban J connectivity index is 1.53. The molecule has 0 saturated carbocycles. The molecule has 2 heterocycles. The number of amides is 1. The van der Waals surface area contributed by atoms with E-state index in [1.807, 2.05) is 0 Å². The summed E-state index contributed by atoms with van der Waals surface area (Å²) in [5.74, 6) is -0.0934. The van der Waals surface area contributed by atoms with Crippen LogP contribution in [0.5, 0.6) is 0 Å². The number of ether oxygens (including phenoxy) is 1. The fraction of sp³-hybridized carbons (Fsp3) is 0.667. The molecule has 2 aliphatic heterocycles. The monoisotopic (exact) mass is 310 g/mol. The second-order valence-corrected chi connectivity index (χ2v) is 5.74. The number of allylic oxidation sites excluding steroid dienone is 2. The number of ketones is 1. The zero-order valence-electron chi connectivity index (χ0n) is 12.3. The third-order valence-electron chi connectivity index (χ3n) is 4.13. The summed E-state index contributed by atoms with van der Waals surface area (Å²) in [6.45, 7) is 2.31. The SMILES string of the molecule is O=C1CC=C(C2=NOC(CC(=O)N3CCOCC3)C2)C(F)C1. The van der Waals surface area contributed by atoms with Crippen LogP contribution in [0.25, 0.3) is 0 Å². The highest BCUT2D eigenvalue weighted by atomic mass is 19.1. The van der Waals surface area contributed by atoms with Crippen LogP contribution < -0.4 is 0 Å². The van der Waals surface area contributed by atoms with Gasteiger partial charge in [-0.1, -0.05) is 11.2 Å². The number of morpholine rings is 1. The van der Waals surface area contributed by atoms with Gasteiger partial charge in [-0.3, -0.25) is 9.59 Å². The second kappa shape index (κ2) is 6.56. The van der Waals surface area contributed by atoms with E-state index >= 15 is 0 Å². The van der Waals surface area contributed by atoms with Gasteiger partial charge in [0.05, 0.1) is 25.3 Å². The van der Waals surface area contributed by atoms with Crippen molar-refractivity contribution >= 4 is 17.4 Å². The highest BCUT2D eigenvalue weighted by molar-refractivity contribution is 6.04. The number of nitrogens with zero attached hydrogens (tertiary/aromatic N) is 2. The quantitative estimate of drug-likeness (QED) is 0.780. The van der Waals surface area contributed by atoms with Crippen molar-refractivity contribution < 1.29 is 23.6 Å². The minimum absolute atomic E-state index is 0.00866. The third kappa shape index (κ3) is 3.35. The fourth-order valence-corrected chi connectivity index (χ4v) is 2.89. The molecule has 1 saturated heterocycles. The van der Waals surface area contributed by atoms with Gasteiger partial charge < -0.3 is 14.5 Å². The van der Waals surface area contributed by atoms with Crippen molar-refractivity contribution in [2.24, 2.45) is 5.16 Å². The Morgan fingerprint density at radius 3 is 2.86 bits per heavy atom. The maximum Gasteiger partial charge on any atom is 0.226 e. The number of carbonyl (C=O) groups is 2. The number of alkyl halides is 1. The van der Waals surface area contributed by atoms with E-state index in [9.17, 15) is 14.0 Å². The number of carbonyl (C=O) groups excluding carboxylic acids is 2. The topological polar surface area (TPSA) is 68.2 Å². The average molecular weight is 310 g/mol. The van der Waals surface area contributed by atoms with E-state index in [4.69, 9.17) is 9.57 Å². The lowest BCUT2D eigenvalue weighted by molar-refractivity contribution is -0.137. The Morgan fingerprint density at radius 2 is 2.14 bits per heavy atom. The van der Waals surface area contributed by atoms with Crippen molar-refractivity contribution in [2.45, 2.75) is 38.0 Å². The first-order chi connectivity index (χ1) is 10.6. The van der Waals surface area contributed by atoms with Crippen molar-refractivity contribution in [3.63, 3.8) is 0 Å². The molecule has 0 radical (unpaired) electrons. The van der Waals surface area contributed by atoms with E-state index in [1.165, 1.54) is 0 Å². The van der Waals surface area contributed by atoms with Gasteiger partial charge in [0.1, 0.15) is 18.1 Å². The average Bonchev–Trinajstić information content (AvgIpc) is 2.96. The zero-order chi connectivity index (χ0) is 15.5. The molecular weight excluding hydrogens is 291 g/mol. The zero-order valence-corrected chi connectivity index (χ0v) is 12.3. The molecule has 22 heavy (non-hydrogen) atoms. The molecule has 3 rings (SSSR count). The highest BCUT2D eigenvalue weighted by Crippen LogP contribution is 2.27. The molecule has 1 fully saturated rings. The van der Waals surface area contributed by atoms with Crippen LogP contribution >= 0.6 is 0 Å². The van der Waals surface area contributed by atoms with Crippen LogP contribution in [0.1, 0.15) is 25.7 Å². The van der Waals surface area contributed by atoms with Gasteiger partial charge in [0.25, 0.3) is 0 Å². The summed E-state index contributed by atoms with van der Waals surface area (Å²) in [4.78, 5) is 30.4. The summed E-state index contributed by atoms with van der Waals surface area (Å²) in [6.07, 6.45) is 0.722. The van der Waals surface area contributed by atoms with Crippen LogP contribution in [-0.2, 0) is 19.2 Å². The predicted octanol–water partition coefficient (Wildman–Crippen LogP) is 1.01. The number of Topliss-reactive ketones (excluding diaryl/α,β-unsaturated/α-hetero) is 1. The Bertz CT molecular complexity index is 526. The van der Waals surface area contributed by atoms with Gasteiger partial charge >= 0.3 is 0 Å². The summed E-state index contributed by atoms with van der Waals surface area (Å²) >= 11 is 0. The number of hydrogen-bond donors (Lipinski definition) is 0. The lowest BCUT2D eigenvalue weighted by Crippen LogP contribution is -2.41. The van der Waals surface area contributed by atoms with E-state index in [-0.39, 0.29) is 37.1 Å². The maximum atomic E-state index is 13.9. The molecule has 1 aliphatic carbocycles. The lowest BCUT2D eigenvalue weighted by atomic mass is 9.91. The Kier molecular flexibility index (Phi) is 4.52. The molecule has 0 aromatic heterocycles. The van der Waals surface area contributed by atoms with E-state index < -0.39 is 6.17 Å². The highest BCUT2D eigenvalue weighted by Gasteiger charge is 2.32. The van der Waals surface area contributed by atoms with E-state index in [1.54, 1.807) is 11.0 Å². The minimum Gasteiger partial charge on any atom is -0.391 e. The second-order valence-electron chi connectivity index (χ2n) is 5.74. The molecule has 0 bridgehead atoms. The minimum atomic E-state index is -1.31. The first-order valence-electron chi connectivity index (χ1n) is 7.58. The normalized spacial score (nSPS) is 29.0. The van der Waals surface area contributed by atoms with Gasteiger partial charge in [0.2, 0.25) is 5.91 Å². The van der Waals surface area contributed by atoms with Gasteiger partial charge in [-0.2, -0.15) is 0 Å². The molecule has 0 N–H and O–H groups in total.